The number of aromatic hydroxyl groups is 1. The first-order valence-electron chi connectivity index (χ1n) is 7.98. The van der Waals surface area contributed by atoms with Crippen molar-refractivity contribution >= 4 is 11.9 Å². The number of ether oxygens (including phenoxy) is 2. The van der Waals surface area contributed by atoms with Crippen LogP contribution in [0.2, 0.25) is 0 Å². The van der Waals surface area contributed by atoms with E-state index in [1.165, 1.54) is 7.11 Å². The summed E-state index contributed by atoms with van der Waals surface area (Å²) in [4.78, 5) is 28.7. The van der Waals surface area contributed by atoms with Gasteiger partial charge in [0, 0.05) is 19.5 Å². The Morgan fingerprint density at radius 1 is 1.29 bits per heavy atom. The maximum atomic E-state index is 13.0. The number of morpholine rings is 1. The summed E-state index contributed by atoms with van der Waals surface area (Å²) in [5, 5.41) is 9.70. The summed E-state index contributed by atoms with van der Waals surface area (Å²) in [6.45, 7) is 1.85. The van der Waals surface area contributed by atoms with Crippen LogP contribution in [-0.2, 0) is 32.0 Å². The Morgan fingerprint density at radius 3 is 2.79 bits per heavy atom. The normalized spacial score (nSPS) is 24.3. The molecule has 130 valence electrons. The van der Waals surface area contributed by atoms with Gasteiger partial charge in [-0.3, -0.25) is 9.69 Å². The van der Waals surface area contributed by atoms with E-state index in [0.717, 1.165) is 11.1 Å². The second kappa shape index (κ2) is 6.78. The van der Waals surface area contributed by atoms with Gasteiger partial charge in [0.15, 0.2) is 0 Å². The van der Waals surface area contributed by atoms with Crippen LogP contribution in [0, 0.1) is 0 Å². The Bertz CT molecular complexity index is 648. The Labute approximate surface area is 140 Å². The van der Waals surface area contributed by atoms with Crippen molar-refractivity contribution in [3.8, 4) is 5.75 Å². The van der Waals surface area contributed by atoms with E-state index in [1.54, 1.807) is 23.1 Å². The summed E-state index contributed by atoms with van der Waals surface area (Å²) in [6.07, 6.45) is 0.380. The van der Waals surface area contributed by atoms with Crippen LogP contribution in [0.1, 0.15) is 11.1 Å². The highest BCUT2D eigenvalue weighted by Crippen LogP contribution is 2.28. The van der Waals surface area contributed by atoms with Crippen LogP contribution in [0.3, 0.4) is 0 Å². The fraction of sp³-hybridized carbons (Fsp3) is 0.529. The van der Waals surface area contributed by atoms with E-state index < -0.39 is 18.1 Å². The monoisotopic (exact) mass is 334 g/mol. The molecule has 1 aromatic rings. The summed E-state index contributed by atoms with van der Waals surface area (Å²) in [5.41, 5.74) is 1.79. The first-order chi connectivity index (χ1) is 11.5. The zero-order chi connectivity index (χ0) is 17.3. The minimum absolute atomic E-state index is 0.149. The van der Waals surface area contributed by atoms with Gasteiger partial charge >= 0.3 is 5.97 Å². The van der Waals surface area contributed by atoms with E-state index >= 15 is 0 Å². The zero-order valence-corrected chi connectivity index (χ0v) is 13.9. The number of nitrogens with zero attached hydrogens (tertiary/aromatic N) is 2. The fourth-order valence-electron chi connectivity index (χ4n) is 3.29. The Hall–Kier alpha value is -2.12. The molecule has 0 radical (unpaired) electrons. The molecule has 2 unspecified atom stereocenters. The molecule has 2 aliphatic rings. The highest BCUT2D eigenvalue weighted by atomic mass is 16.5. The molecule has 0 bridgehead atoms. The predicted octanol–water partition coefficient (Wildman–Crippen LogP) is 0.149. The van der Waals surface area contributed by atoms with E-state index in [1.807, 2.05) is 11.9 Å². The number of rotatable bonds is 2. The van der Waals surface area contributed by atoms with E-state index in [0.29, 0.717) is 26.2 Å². The lowest BCUT2D eigenvalue weighted by atomic mass is 9.93. The first kappa shape index (κ1) is 16.7. The van der Waals surface area contributed by atoms with Crippen molar-refractivity contribution < 1.29 is 24.2 Å². The van der Waals surface area contributed by atoms with E-state index in [4.69, 9.17) is 9.47 Å². The second-order valence-electron chi connectivity index (χ2n) is 6.23. The van der Waals surface area contributed by atoms with Gasteiger partial charge in [0.25, 0.3) is 0 Å². The lowest BCUT2D eigenvalue weighted by Gasteiger charge is -2.40. The molecule has 1 aromatic carbocycles. The number of methoxy groups -OCH3 is 1. The number of likely N-dealkylation sites (N-methyl/N-ethyl adjacent to an activating group) is 1. The maximum absolute atomic E-state index is 13.0. The van der Waals surface area contributed by atoms with Crippen molar-refractivity contribution in [1.29, 1.82) is 0 Å². The lowest BCUT2D eigenvalue weighted by Crippen LogP contribution is -2.58. The molecule has 0 saturated carbocycles. The molecule has 1 N–H and O–H groups in total. The molecule has 7 heteroatoms. The van der Waals surface area contributed by atoms with Crippen LogP contribution in [0.15, 0.2) is 18.2 Å². The van der Waals surface area contributed by atoms with Crippen molar-refractivity contribution in [2.45, 2.75) is 25.0 Å². The maximum Gasteiger partial charge on any atom is 0.328 e. The van der Waals surface area contributed by atoms with Crippen molar-refractivity contribution in [3.63, 3.8) is 0 Å². The fourth-order valence-corrected chi connectivity index (χ4v) is 3.29. The molecule has 3 rings (SSSR count). The van der Waals surface area contributed by atoms with Gasteiger partial charge in [-0.1, -0.05) is 6.07 Å². The second-order valence-corrected chi connectivity index (χ2v) is 6.23. The van der Waals surface area contributed by atoms with Crippen LogP contribution in [0.4, 0.5) is 0 Å². The van der Waals surface area contributed by atoms with Gasteiger partial charge in [0.2, 0.25) is 5.91 Å². The molecule has 1 saturated heterocycles. The van der Waals surface area contributed by atoms with E-state index in [2.05, 4.69) is 0 Å². The Kier molecular flexibility index (Phi) is 4.73. The van der Waals surface area contributed by atoms with Crippen LogP contribution in [0.25, 0.3) is 0 Å². The van der Waals surface area contributed by atoms with Gasteiger partial charge in [0.05, 0.1) is 20.3 Å². The minimum atomic E-state index is -0.658. The number of carbonyl (C=O) groups is 2. The van der Waals surface area contributed by atoms with Crippen molar-refractivity contribution in [1.82, 2.24) is 9.80 Å². The minimum Gasteiger partial charge on any atom is -0.508 e. The molecule has 2 atom stereocenters. The summed E-state index contributed by atoms with van der Waals surface area (Å²) in [7, 11) is 3.20. The average Bonchev–Trinajstić information content (AvgIpc) is 2.59. The Morgan fingerprint density at radius 2 is 2.08 bits per heavy atom. The quantitative estimate of drug-likeness (QED) is 0.776. The molecule has 1 fully saturated rings. The molecule has 1 amide bonds. The molecule has 2 heterocycles. The highest BCUT2D eigenvalue weighted by molar-refractivity contribution is 5.88. The van der Waals surface area contributed by atoms with Crippen molar-refractivity contribution in [2.24, 2.45) is 0 Å². The SMILES string of the molecule is COC(=O)C1Cc2ccc(O)cc2CN1C(=O)C1COCCN1C. The van der Waals surface area contributed by atoms with Gasteiger partial charge in [0.1, 0.15) is 17.8 Å². The molecule has 0 aliphatic carbocycles. The third-order valence-corrected chi connectivity index (χ3v) is 4.76. The largest absolute Gasteiger partial charge is 0.508 e. The Balaban J connectivity index is 1.90. The summed E-state index contributed by atoms with van der Waals surface area (Å²) in [6, 6.07) is 3.95. The van der Waals surface area contributed by atoms with Crippen LogP contribution in [0.5, 0.6) is 5.75 Å². The number of esters is 1. The van der Waals surface area contributed by atoms with E-state index in [-0.39, 0.29) is 18.2 Å². The van der Waals surface area contributed by atoms with Gasteiger partial charge < -0.3 is 19.5 Å². The molecule has 7 nitrogen and oxygen atoms in total. The highest BCUT2D eigenvalue weighted by Gasteiger charge is 2.40. The third kappa shape index (κ3) is 3.09. The number of amides is 1. The summed E-state index contributed by atoms with van der Waals surface area (Å²) < 4.78 is 10.3. The number of benzene rings is 1. The van der Waals surface area contributed by atoms with Crippen molar-refractivity contribution in [2.75, 3.05) is 33.9 Å². The van der Waals surface area contributed by atoms with Gasteiger partial charge in [-0.15, -0.1) is 0 Å². The number of phenolic OH excluding ortho intramolecular Hbond substituents is 1. The topological polar surface area (TPSA) is 79.3 Å². The van der Waals surface area contributed by atoms with Gasteiger partial charge in [-0.05, 0) is 30.3 Å². The number of hydrogen-bond acceptors (Lipinski definition) is 6. The molecule has 0 aromatic heterocycles. The first-order valence-corrected chi connectivity index (χ1v) is 7.98. The van der Waals surface area contributed by atoms with Crippen molar-refractivity contribution in [3.05, 3.63) is 29.3 Å². The summed E-state index contributed by atoms with van der Waals surface area (Å²) >= 11 is 0. The summed E-state index contributed by atoms with van der Waals surface area (Å²) in [5.74, 6) is -0.432. The smallest absolute Gasteiger partial charge is 0.328 e. The van der Waals surface area contributed by atoms with E-state index in [9.17, 15) is 14.7 Å². The van der Waals surface area contributed by atoms with Crippen LogP contribution in [-0.4, -0.2) is 72.8 Å². The number of carbonyl (C=O) groups excluding carboxylic acids is 2. The molecule has 0 spiro atoms. The molecular formula is C17H22N2O5. The molecular weight excluding hydrogens is 312 g/mol. The predicted molar refractivity (Wildman–Crippen MR) is 85.4 cm³/mol. The lowest BCUT2D eigenvalue weighted by molar-refractivity contribution is -0.158. The number of fused-ring (bicyclic) bond motifs is 1. The van der Waals surface area contributed by atoms with Crippen LogP contribution >= 0.6 is 0 Å². The van der Waals surface area contributed by atoms with Gasteiger partial charge in [-0.25, -0.2) is 4.79 Å². The molecule has 24 heavy (non-hydrogen) atoms. The zero-order valence-electron chi connectivity index (χ0n) is 13.9. The third-order valence-electron chi connectivity index (χ3n) is 4.76. The standard InChI is InChI=1S/C17H22N2O5/c1-18-5-6-24-10-15(18)16(21)19-9-12-7-13(20)4-3-11(12)8-14(19)17(22)23-2/h3-4,7,14-15,20H,5-6,8-10H2,1-2H3. The van der Waals surface area contributed by atoms with Gasteiger partial charge in [-0.2, -0.15) is 0 Å². The average molecular weight is 334 g/mol. The number of phenols is 1. The molecule has 2 aliphatic heterocycles. The van der Waals surface area contributed by atoms with Crippen LogP contribution < -0.4 is 0 Å². The number of hydrogen-bond donors (Lipinski definition) is 1.